The number of carbonyl (C=O) groups excluding carboxylic acids is 1. The van der Waals surface area contributed by atoms with Crippen LogP contribution in [0, 0.1) is 5.41 Å². The molecule has 2 rings (SSSR count). The van der Waals surface area contributed by atoms with E-state index in [9.17, 15) is 9.59 Å². The van der Waals surface area contributed by atoms with Gasteiger partial charge in [0.1, 0.15) is 11.1 Å². The van der Waals surface area contributed by atoms with Crippen molar-refractivity contribution in [2.75, 3.05) is 0 Å². The predicted octanol–water partition coefficient (Wildman–Crippen LogP) is 2.82. The van der Waals surface area contributed by atoms with E-state index in [-0.39, 0.29) is 11.5 Å². The Labute approximate surface area is 115 Å². The summed E-state index contributed by atoms with van der Waals surface area (Å²) in [5.41, 5.74) is 0.260. The molecule has 0 radical (unpaired) electrons. The lowest BCUT2D eigenvalue weighted by Crippen LogP contribution is -2.29. The van der Waals surface area contributed by atoms with Gasteiger partial charge in [-0.05, 0) is 12.1 Å². The fraction of sp³-hybridized carbons (Fsp3) is 0.357. The second-order valence-corrected chi connectivity index (χ2v) is 5.88. The number of halogens is 1. The van der Waals surface area contributed by atoms with Crippen LogP contribution < -0.4 is 5.56 Å². The van der Waals surface area contributed by atoms with Crippen molar-refractivity contribution in [1.29, 1.82) is 0 Å². The van der Waals surface area contributed by atoms with Gasteiger partial charge in [-0.15, -0.1) is 11.6 Å². The zero-order chi connectivity index (χ0) is 14.2. The maximum atomic E-state index is 12.1. The highest BCUT2D eigenvalue weighted by Crippen LogP contribution is 2.28. The Balaban J connectivity index is 2.54. The molecule has 0 fully saturated rings. The van der Waals surface area contributed by atoms with Gasteiger partial charge >= 0.3 is 0 Å². The first-order chi connectivity index (χ1) is 8.80. The number of ketones is 1. The van der Waals surface area contributed by atoms with Gasteiger partial charge < -0.3 is 4.98 Å². The number of hydrogen-bond donors (Lipinski definition) is 1. The van der Waals surface area contributed by atoms with Gasteiger partial charge in [0.05, 0.1) is 11.0 Å². The number of aromatic amines is 1. The van der Waals surface area contributed by atoms with E-state index in [1.54, 1.807) is 39.0 Å². The molecule has 0 spiro atoms. The minimum absolute atomic E-state index is 0.0558. The normalized spacial score (nSPS) is 13.5. The summed E-state index contributed by atoms with van der Waals surface area (Å²) < 4.78 is 0. The van der Waals surface area contributed by atoms with Gasteiger partial charge in [-0.1, -0.05) is 32.9 Å². The van der Waals surface area contributed by atoms with E-state index in [1.165, 1.54) is 0 Å². The Morgan fingerprint density at radius 1 is 1.32 bits per heavy atom. The minimum Gasteiger partial charge on any atom is -0.319 e. The molecule has 0 aliphatic rings. The molecular weight excluding hydrogens is 264 g/mol. The van der Waals surface area contributed by atoms with E-state index < -0.39 is 16.4 Å². The molecule has 0 aliphatic heterocycles. The highest BCUT2D eigenvalue weighted by atomic mass is 35.5. The molecule has 4 nitrogen and oxygen atoms in total. The number of hydrogen-bond acceptors (Lipinski definition) is 3. The van der Waals surface area contributed by atoms with Crippen molar-refractivity contribution in [3.8, 4) is 0 Å². The standard InChI is InChI=1S/C14H15ClN2O2/c1-14(2,3)12(18)10(15)11-13(19)17-9-7-5-4-6-8(9)16-11/h4-7,10H,1-3H3,(H,17,19). The van der Waals surface area contributed by atoms with E-state index in [2.05, 4.69) is 9.97 Å². The zero-order valence-electron chi connectivity index (χ0n) is 11.0. The number of para-hydroxylation sites is 2. The number of alkyl halides is 1. The van der Waals surface area contributed by atoms with Crippen LogP contribution in [0.3, 0.4) is 0 Å². The lowest BCUT2D eigenvalue weighted by Gasteiger charge is -2.19. The fourth-order valence-electron chi connectivity index (χ4n) is 1.72. The quantitative estimate of drug-likeness (QED) is 0.859. The van der Waals surface area contributed by atoms with Crippen LogP contribution in [0.5, 0.6) is 0 Å². The average Bonchev–Trinajstić information content (AvgIpc) is 2.35. The van der Waals surface area contributed by atoms with Gasteiger partial charge in [0.25, 0.3) is 5.56 Å². The third-order valence-electron chi connectivity index (χ3n) is 2.84. The number of H-pyrrole nitrogens is 1. The van der Waals surface area contributed by atoms with Crippen LogP contribution in [-0.2, 0) is 4.79 Å². The van der Waals surface area contributed by atoms with Crippen LogP contribution in [0.1, 0.15) is 31.8 Å². The Kier molecular flexibility index (Phi) is 3.45. The van der Waals surface area contributed by atoms with Crippen molar-refractivity contribution in [2.45, 2.75) is 26.1 Å². The summed E-state index contributed by atoms with van der Waals surface area (Å²) in [5.74, 6) is -0.220. The molecule has 1 aromatic heterocycles. The maximum absolute atomic E-state index is 12.1. The lowest BCUT2D eigenvalue weighted by atomic mass is 9.88. The van der Waals surface area contributed by atoms with Gasteiger partial charge in [-0.3, -0.25) is 9.59 Å². The number of nitrogens with zero attached hydrogens (tertiary/aromatic N) is 1. The van der Waals surface area contributed by atoms with Crippen LogP contribution in [0.25, 0.3) is 11.0 Å². The van der Waals surface area contributed by atoms with E-state index in [4.69, 9.17) is 11.6 Å². The van der Waals surface area contributed by atoms with Gasteiger partial charge in [-0.25, -0.2) is 4.98 Å². The van der Waals surface area contributed by atoms with Gasteiger partial charge in [0, 0.05) is 5.41 Å². The first kappa shape index (κ1) is 13.7. The summed E-state index contributed by atoms with van der Waals surface area (Å²) in [5, 5.41) is -1.03. The maximum Gasteiger partial charge on any atom is 0.272 e. The summed E-state index contributed by atoms with van der Waals surface area (Å²) in [7, 11) is 0. The summed E-state index contributed by atoms with van der Waals surface area (Å²) >= 11 is 6.11. The topological polar surface area (TPSA) is 62.8 Å². The molecule has 19 heavy (non-hydrogen) atoms. The molecule has 0 saturated heterocycles. The molecule has 1 atom stereocenters. The van der Waals surface area contributed by atoms with Crippen molar-refractivity contribution < 1.29 is 4.79 Å². The number of rotatable bonds is 2. The van der Waals surface area contributed by atoms with Crippen LogP contribution in [-0.4, -0.2) is 15.8 Å². The molecule has 1 N–H and O–H groups in total. The second-order valence-electron chi connectivity index (χ2n) is 5.45. The first-order valence-corrected chi connectivity index (χ1v) is 6.41. The Morgan fingerprint density at radius 2 is 1.95 bits per heavy atom. The molecule has 100 valence electrons. The van der Waals surface area contributed by atoms with Crippen molar-refractivity contribution in [1.82, 2.24) is 9.97 Å². The second kappa shape index (κ2) is 4.78. The first-order valence-electron chi connectivity index (χ1n) is 5.98. The SMILES string of the molecule is CC(C)(C)C(=O)C(Cl)c1nc2ccccc2[nH]c1=O. The van der Waals surface area contributed by atoms with E-state index in [0.717, 1.165) is 0 Å². The fourth-order valence-corrected chi connectivity index (χ4v) is 2.20. The molecule has 0 aliphatic carbocycles. The van der Waals surface area contributed by atoms with E-state index in [0.29, 0.717) is 11.0 Å². The Bertz CT molecular complexity index is 686. The third-order valence-corrected chi connectivity index (χ3v) is 3.24. The van der Waals surface area contributed by atoms with Crippen molar-refractivity contribution in [3.05, 3.63) is 40.3 Å². The molecule has 0 bridgehead atoms. The predicted molar refractivity (Wildman–Crippen MR) is 75.4 cm³/mol. The molecule has 0 saturated carbocycles. The number of carbonyl (C=O) groups is 1. The molecule has 5 heteroatoms. The molecule has 1 aromatic carbocycles. The molecule has 0 amide bonds. The van der Waals surface area contributed by atoms with Crippen LogP contribution in [0.15, 0.2) is 29.1 Å². The number of fused-ring (bicyclic) bond motifs is 1. The van der Waals surface area contributed by atoms with Crippen LogP contribution in [0.4, 0.5) is 0 Å². The molecular formula is C14H15ClN2O2. The summed E-state index contributed by atoms with van der Waals surface area (Å²) in [6.07, 6.45) is 0. The molecule has 1 heterocycles. The van der Waals surface area contributed by atoms with E-state index in [1.807, 2.05) is 6.07 Å². The van der Waals surface area contributed by atoms with Crippen molar-refractivity contribution >= 4 is 28.4 Å². The number of benzene rings is 1. The number of aromatic nitrogens is 2. The lowest BCUT2D eigenvalue weighted by molar-refractivity contribution is -0.126. The zero-order valence-corrected chi connectivity index (χ0v) is 11.8. The average molecular weight is 279 g/mol. The van der Waals surface area contributed by atoms with Gasteiger partial charge in [-0.2, -0.15) is 0 Å². The molecule has 2 aromatic rings. The summed E-state index contributed by atoms with van der Waals surface area (Å²) in [6.45, 7) is 5.29. The Morgan fingerprint density at radius 3 is 2.58 bits per heavy atom. The monoisotopic (exact) mass is 278 g/mol. The Hall–Kier alpha value is -1.68. The van der Waals surface area contributed by atoms with Gasteiger partial charge in [0.15, 0.2) is 5.78 Å². The van der Waals surface area contributed by atoms with Crippen molar-refractivity contribution in [3.63, 3.8) is 0 Å². The third kappa shape index (κ3) is 2.68. The highest BCUT2D eigenvalue weighted by Gasteiger charge is 2.31. The summed E-state index contributed by atoms with van der Waals surface area (Å²) in [4.78, 5) is 31.0. The number of nitrogens with one attached hydrogen (secondary N) is 1. The number of Topliss-reactive ketones (excluding diaryl/α,β-unsaturated/α-hetero) is 1. The van der Waals surface area contributed by atoms with Crippen LogP contribution >= 0.6 is 11.6 Å². The highest BCUT2D eigenvalue weighted by molar-refractivity contribution is 6.31. The summed E-state index contributed by atoms with van der Waals surface area (Å²) in [6, 6.07) is 7.13. The van der Waals surface area contributed by atoms with Gasteiger partial charge in [0.2, 0.25) is 0 Å². The minimum atomic E-state index is -1.03. The van der Waals surface area contributed by atoms with E-state index >= 15 is 0 Å². The molecule has 1 unspecified atom stereocenters. The van der Waals surface area contributed by atoms with Crippen molar-refractivity contribution in [2.24, 2.45) is 5.41 Å². The smallest absolute Gasteiger partial charge is 0.272 e. The largest absolute Gasteiger partial charge is 0.319 e. The van der Waals surface area contributed by atoms with Crippen LogP contribution in [0.2, 0.25) is 0 Å².